The molecule has 4 aliphatic rings. The zero-order valence-electron chi connectivity index (χ0n) is 11.5. The van der Waals surface area contributed by atoms with E-state index in [0.29, 0.717) is 11.3 Å². The first kappa shape index (κ1) is 12.0. The van der Waals surface area contributed by atoms with Crippen LogP contribution < -0.4 is 0 Å². The van der Waals surface area contributed by atoms with Gasteiger partial charge in [0.2, 0.25) is 0 Å². The van der Waals surface area contributed by atoms with Gasteiger partial charge in [-0.15, -0.1) is 0 Å². The summed E-state index contributed by atoms with van der Waals surface area (Å²) in [4.78, 5) is 0. The third kappa shape index (κ3) is 1.53. The molecule has 0 aromatic heterocycles. The van der Waals surface area contributed by atoms with Gasteiger partial charge in [0.25, 0.3) is 0 Å². The van der Waals surface area contributed by atoms with Crippen molar-refractivity contribution in [2.75, 3.05) is 0 Å². The van der Waals surface area contributed by atoms with Crippen molar-refractivity contribution < 1.29 is 14.0 Å². The molecule has 0 aromatic rings. The fourth-order valence-corrected chi connectivity index (χ4v) is 4.11. The number of hydrogen-bond acceptors (Lipinski definition) is 3. The van der Waals surface area contributed by atoms with Crippen LogP contribution in [0.5, 0.6) is 0 Å². The van der Waals surface area contributed by atoms with Gasteiger partial charge in [-0.2, -0.15) is 0 Å². The predicted molar refractivity (Wildman–Crippen MR) is 66.3 cm³/mol. The van der Waals surface area contributed by atoms with Crippen LogP contribution in [0.2, 0.25) is 0 Å². The van der Waals surface area contributed by atoms with E-state index < -0.39 is 7.32 Å². The molecule has 1 saturated heterocycles. The molecule has 0 spiro atoms. The first-order chi connectivity index (χ1) is 7.84. The normalized spacial score (nSPS) is 46.9. The molecule has 17 heavy (non-hydrogen) atoms. The first-order valence-corrected chi connectivity index (χ1v) is 6.83. The van der Waals surface area contributed by atoms with Gasteiger partial charge in [0.05, 0.1) is 11.7 Å². The van der Waals surface area contributed by atoms with Gasteiger partial charge in [0.1, 0.15) is 0 Å². The Bertz CT molecular complexity index is 331. The van der Waals surface area contributed by atoms with Gasteiger partial charge in [0.15, 0.2) is 0 Å². The van der Waals surface area contributed by atoms with Crippen LogP contribution in [-0.4, -0.2) is 25.1 Å². The maximum absolute atomic E-state index is 6.11. The molecule has 0 amide bonds. The van der Waals surface area contributed by atoms with Crippen LogP contribution in [0.15, 0.2) is 0 Å². The minimum atomic E-state index is -0.458. The molecule has 3 saturated carbocycles. The summed E-state index contributed by atoms with van der Waals surface area (Å²) in [6, 6.07) is 0. The summed E-state index contributed by atoms with van der Waals surface area (Å²) in [6.45, 7) is 11.0. The van der Waals surface area contributed by atoms with E-state index in [1.54, 1.807) is 0 Å². The average Bonchev–Trinajstić information content (AvgIpc) is 2.51. The van der Waals surface area contributed by atoms with Crippen molar-refractivity contribution >= 4 is 7.32 Å². The standard InChI is InChI=1S/C13H23BO3/c1-8(2)15-14-16-11-7-9-6-10(12(9,3)4)13(11,5)17-14/h8-11H,6-7H2,1-5H3. The van der Waals surface area contributed by atoms with E-state index in [-0.39, 0.29) is 17.8 Å². The second-order valence-corrected chi connectivity index (χ2v) is 6.94. The SMILES string of the molecule is CC(C)OB1OC2CC3CC(C3(C)C)C2(C)O1. The lowest BCUT2D eigenvalue weighted by molar-refractivity contribution is -0.200. The third-order valence-electron chi connectivity index (χ3n) is 5.31. The molecule has 4 unspecified atom stereocenters. The van der Waals surface area contributed by atoms with Crippen LogP contribution in [0, 0.1) is 17.3 Å². The monoisotopic (exact) mass is 238 g/mol. The molecule has 0 aromatic carbocycles. The fraction of sp³-hybridized carbons (Fsp3) is 1.00. The van der Waals surface area contributed by atoms with E-state index in [1.807, 2.05) is 13.8 Å². The fourth-order valence-electron chi connectivity index (χ4n) is 4.11. The van der Waals surface area contributed by atoms with Gasteiger partial charge in [-0.1, -0.05) is 13.8 Å². The second-order valence-electron chi connectivity index (χ2n) is 6.94. The topological polar surface area (TPSA) is 27.7 Å². The van der Waals surface area contributed by atoms with Crippen molar-refractivity contribution in [2.45, 2.75) is 65.3 Å². The van der Waals surface area contributed by atoms with E-state index in [1.165, 1.54) is 6.42 Å². The maximum Gasteiger partial charge on any atom is 0.640 e. The molecule has 2 bridgehead atoms. The molecule has 4 fully saturated rings. The molecule has 3 aliphatic carbocycles. The summed E-state index contributed by atoms with van der Waals surface area (Å²) < 4.78 is 17.7. The minimum absolute atomic E-state index is 0.141. The van der Waals surface area contributed by atoms with Crippen molar-refractivity contribution in [3.8, 4) is 0 Å². The Hall–Kier alpha value is -0.0551. The highest BCUT2D eigenvalue weighted by Gasteiger charge is 2.68. The highest BCUT2D eigenvalue weighted by Crippen LogP contribution is 2.65. The van der Waals surface area contributed by atoms with Crippen molar-refractivity contribution in [3.05, 3.63) is 0 Å². The summed E-state index contributed by atoms with van der Waals surface area (Å²) in [7, 11) is -0.458. The number of rotatable bonds is 2. The van der Waals surface area contributed by atoms with Crippen molar-refractivity contribution in [1.29, 1.82) is 0 Å². The Kier molecular flexibility index (Phi) is 2.46. The Morgan fingerprint density at radius 1 is 1.24 bits per heavy atom. The van der Waals surface area contributed by atoms with Crippen LogP contribution in [-0.2, 0) is 14.0 Å². The van der Waals surface area contributed by atoms with Crippen LogP contribution in [0.3, 0.4) is 0 Å². The second kappa shape index (κ2) is 3.49. The lowest BCUT2D eigenvalue weighted by atomic mass is 9.43. The molecule has 96 valence electrons. The minimum Gasteiger partial charge on any atom is -0.384 e. The molecule has 4 rings (SSSR count). The molecule has 1 aliphatic heterocycles. The molecular weight excluding hydrogens is 215 g/mol. The van der Waals surface area contributed by atoms with Gasteiger partial charge < -0.3 is 14.0 Å². The Morgan fingerprint density at radius 3 is 2.53 bits per heavy atom. The van der Waals surface area contributed by atoms with E-state index in [0.717, 1.165) is 12.3 Å². The Balaban J connectivity index is 1.78. The first-order valence-electron chi connectivity index (χ1n) is 6.83. The summed E-state index contributed by atoms with van der Waals surface area (Å²) in [5.41, 5.74) is 0.263. The average molecular weight is 238 g/mol. The van der Waals surface area contributed by atoms with Gasteiger partial charge in [-0.3, -0.25) is 0 Å². The Labute approximate surface area is 104 Å². The molecular formula is C13H23BO3. The van der Waals surface area contributed by atoms with Crippen molar-refractivity contribution in [1.82, 2.24) is 0 Å². The molecule has 1 heterocycles. The summed E-state index contributed by atoms with van der Waals surface area (Å²) in [6.07, 6.45) is 2.78. The van der Waals surface area contributed by atoms with Gasteiger partial charge in [-0.05, 0) is 50.9 Å². The highest BCUT2D eigenvalue weighted by atomic mass is 16.8. The van der Waals surface area contributed by atoms with Crippen LogP contribution in [0.4, 0.5) is 0 Å². The lowest BCUT2D eigenvalue weighted by Crippen LogP contribution is -2.65. The van der Waals surface area contributed by atoms with E-state index in [4.69, 9.17) is 14.0 Å². The molecule has 3 nitrogen and oxygen atoms in total. The van der Waals surface area contributed by atoms with Crippen molar-refractivity contribution in [3.63, 3.8) is 0 Å². The highest BCUT2D eigenvalue weighted by molar-refractivity contribution is 6.37. The van der Waals surface area contributed by atoms with Gasteiger partial charge in [0, 0.05) is 6.10 Å². The molecule has 0 radical (unpaired) electrons. The molecule has 0 N–H and O–H groups in total. The quantitative estimate of drug-likeness (QED) is 0.692. The number of hydrogen-bond donors (Lipinski definition) is 0. The van der Waals surface area contributed by atoms with E-state index in [9.17, 15) is 0 Å². The van der Waals surface area contributed by atoms with Crippen molar-refractivity contribution in [2.24, 2.45) is 17.3 Å². The molecule has 4 atom stereocenters. The van der Waals surface area contributed by atoms with E-state index in [2.05, 4.69) is 20.8 Å². The smallest absolute Gasteiger partial charge is 0.384 e. The summed E-state index contributed by atoms with van der Waals surface area (Å²) >= 11 is 0. The van der Waals surface area contributed by atoms with Gasteiger partial charge in [-0.25, -0.2) is 0 Å². The van der Waals surface area contributed by atoms with Gasteiger partial charge >= 0.3 is 7.32 Å². The van der Waals surface area contributed by atoms with Crippen LogP contribution in [0.1, 0.15) is 47.5 Å². The lowest BCUT2D eigenvalue weighted by Gasteiger charge is -2.64. The summed E-state index contributed by atoms with van der Waals surface area (Å²) in [5, 5.41) is 0. The van der Waals surface area contributed by atoms with E-state index >= 15 is 0 Å². The predicted octanol–water partition coefficient (Wildman–Crippen LogP) is 2.64. The summed E-state index contributed by atoms with van der Waals surface area (Å²) in [5.74, 6) is 1.41. The molecule has 4 heteroatoms. The zero-order valence-corrected chi connectivity index (χ0v) is 11.5. The largest absolute Gasteiger partial charge is 0.640 e. The van der Waals surface area contributed by atoms with Crippen LogP contribution >= 0.6 is 0 Å². The maximum atomic E-state index is 6.11. The third-order valence-corrected chi connectivity index (χ3v) is 5.31. The Morgan fingerprint density at radius 2 is 1.94 bits per heavy atom. The zero-order chi connectivity index (χ0) is 12.4. The van der Waals surface area contributed by atoms with Crippen LogP contribution in [0.25, 0.3) is 0 Å².